The fourth-order valence-corrected chi connectivity index (χ4v) is 3.59. The SMILES string of the molecule is O=C1NCCc2[nH]c(-c3ccnc(-c4cccc(OS(=O)(=O)C(F)(F)F)c4F)c3)cc21. The van der Waals surface area contributed by atoms with E-state index in [0.29, 0.717) is 29.8 Å². The minimum absolute atomic E-state index is 0.0295. The van der Waals surface area contributed by atoms with Crippen LogP contribution < -0.4 is 9.50 Å². The lowest BCUT2D eigenvalue weighted by Crippen LogP contribution is -2.31. The summed E-state index contributed by atoms with van der Waals surface area (Å²) < 4.78 is 78.8. The van der Waals surface area contributed by atoms with E-state index < -0.39 is 27.2 Å². The molecule has 3 heterocycles. The Morgan fingerprint density at radius 2 is 1.87 bits per heavy atom. The quantitative estimate of drug-likeness (QED) is 0.357. The van der Waals surface area contributed by atoms with E-state index in [2.05, 4.69) is 19.5 Å². The van der Waals surface area contributed by atoms with Crippen LogP contribution in [0.15, 0.2) is 42.6 Å². The van der Waals surface area contributed by atoms with Gasteiger partial charge in [-0.15, -0.1) is 0 Å². The van der Waals surface area contributed by atoms with Crippen LogP contribution in [-0.4, -0.2) is 36.3 Å². The molecule has 0 saturated carbocycles. The van der Waals surface area contributed by atoms with Crippen LogP contribution in [0.1, 0.15) is 16.1 Å². The number of aromatic nitrogens is 2. The number of halogens is 4. The maximum atomic E-state index is 14.8. The zero-order valence-corrected chi connectivity index (χ0v) is 16.3. The van der Waals surface area contributed by atoms with Crippen molar-refractivity contribution in [3.05, 3.63) is 59.7 Å². The number of carbonyl (C=O) groups is 1. The molecular weight excluding hydrogens is 442 g/mol. The Kier molecular flexibility index (Phi) is 4.96. The average Bonchev–Trinajstić information content (AvgIpc) is 3.15. The maximum Gasteiger partial charge on any atom is 0.534 e. The molecule has 1 aliphatic rings. The van der Waals surface area contributed by atoms with Crippen LogP contribution >= 0.6 is 0 Å². The Morgan fingerprint density at radius 3 is 2.58 bits per heavy atom. The first-order valence-corrected chi connectivity index (χ1v) is 10.2. The van der Waals surface area contributed by atoms with Gasteiger partial charge in [0.25, 0.3) is 5.91 Å². The first-order chi connectivity index (χ1) is 14.6. The Morgan fingerprint density at radius 1 is 1.10 bits per heavy atom. The lowest BCUT2D eigenvalue weighted by Gasteiger charge is -2.12. The van der Waals surface area contributed by atoms with Gasteiger partial charge >= 0.3 is 15.6 Å². The number of hydrogen-bond acceptors (Lipinski definition) is 5. The summed E-state index contributed by atoms with van der Waals surface area (Å²) in [6.45, 7) is 0.492. The third-order valence-corrected chi connectivity index (χ3v) is 5.56. The van der Waals surface area contributed by atoms with Crippen LogP contribution in [0.4, 0.5) is 17.6 Å². The van der Waals surface area contributed by atoms with E-state index in [4.69, 9.17) is 0 Å². The van der Waals surface area contributed by atoms with Crippen molar-refractivity contribution in [1.82, 2.24) is 15.3 Å². The number of benzene rings is 1. The van der Waals surface area contributed by atoms with Crippen molar-refractivity contribution in [2.75, 3.05) is 6.54 Å². The molecule has 0 saturated heterocycles. The summed E-state index contributed by atoms with van der Waals surface area (Å²) >= 11 is 0. The van der Waals surface area contributed by atoms with Crippen molar-refractivity contribution in [1.29, 1.82) is 0 Å². The van der Waals surface area contributed by atoms with Gasteiger partial charge in [0.1, 0.15) is 0 Å². The monoisotopic (exact) mass is 455 g/mol. The van der Waals surface area contributed by atoms with E-state index in [1.54, 1.807) is 12.1 Å². The van der Waals surface area contributed by atoms with E-state index in [0.717, 1.165) is 17.8 Å². The highest BCUT2D eigenvalue weighted by Gasteiger charge is 2.49. The van der Waals surface area contributed by atoms with Crippen LogP contribution in [0.2, 0.25) is 0 Å². The molecule has 2 aromatic heterocycles. The van der Waals surface area contributed by atoms with Crippen molar-refractivity contribution in [2.24, 2.45) is 0 Å². The summed E-state index contributed by atoms with van der Waals surface area (Å²) in [4.78, 5) is 19.1. The van der Waals surface area contributed by atoms with Gasteiger partial charge < -0.3 is 14.5 Å². The molecule has 0 fully saturated rings. The molecule has 0 atom stereocenters. The van der Waals surface area contributed by atoms with E-state index in [-0.39, 0.29) is 17.2 Å². The molecule has 3 aromatic rings. The van der Waals surface area contributed by atoms with Gasteiger partial charge in [0.05, 0.1) is 11.3 Å². The van der Waals surface area contributed by atoms with Gasteiger partial charge in [-0.2, -0.15) is 21.6 Å². The molecular formula is C19H13F4N3O4S. The molecule has 1 aromatic carbocycles. The zero-order chi connectivity index (χ0) is 22.4. The predicted octanol–water partition coefficient (Wildman–Crippen LogP) is 3.40. The number of pyridine rings is 1. The van der Waals surface area contributed by atoms with Gasteiger partial charge in [-0.25, -0.2) is 4.39 Å². The lowest BCUT2D eigenvalue weighted by atomic mass is 10.1. The summed E-state index contributed by atoms with van der Waals surface area (Å²) in [5, 5.41) is 2.72. The summed E-state index contributed by atoms with van der Waals surface area (Å²) in [5.41, 5.74) is -3.59. The lowest BCUT2D eigenvalue weighted by molar-refractivity contribution is -0.0500. The number of H-pyrrole nitrogens is 1. The molecule has 0 unspecified atom stereocenters. The number of amides is 1. The second-order valence-corrected chi connectivity index (χ2v) is 8.15. The van der Waals surface area contributed by atoms with Gasteiger partial charge in [0.2, 0.25) is 0 Å². The number of alkyl halides is 3. The molecule has 0 aliphatic carbocycles. The second-order valence-electron chi connectivity index (χ2n) is 6.61. The maximum absolute atomic E-state index is 14.8. The topological polar surface area (TPSA) is 101 Å². The van der Waals surface area contributed by atoms with Crippen molar-refractivity contribution in [2.45, 2.75) is 11.9 Å². The molecule has 2 N–H and O–H groups in total. The minimum Gasteiger partial charge on any atom is -0.373 e. The average molecular weight is 455 g/mol. The highest BCUT2D eigenvalue weighted by atomic mass is 32.2. The number of fused-ring (bicyclic) bond motifs is 1. The summed E-state index contributed by atoms with van der Waals surface area (Å²) in [6.07, 6.45) is 1.96. The number of nitrogens with one attached hydrogen (secondary N) is 2. The van der Waals surface area contributed by atoms with Gasteiger partial charge in [-0.05, 0) is 30.3 Å². The zero-order valence-electron chi connectivity index (χ0n) is 15.5. The Balaban J connectivity index is 1.71. The number of carbonyl (C=O) groups excluding carboxylic acids is 1. The normalized spacial score (nSPS) is 14.1. The van der Waals surface area contributed by atoms with Crippen molar-refractivity contribution >= 4 is 16.0 Å². The van der Waals surface area contributed by atoms with Gasteiger partial charge in [0.15, 0.2) is 11.6 Å². The number of rotatable bonds is 4. The molecule has 12 heteroatoms. The first kappa shape index (κ1) is 20.8. The largest absolute Gasteiger partial charge is 0.534 e. The predicted molar refractivity (Wildman–Crippen MR) is 101 cm³/mol. The van der Waals surface area contributed by atoms with E-state index >= 15 is 0 Å². The summed E-state index contributed by atoms with van der Waals surface area (Å²) in [6, 6.07) is 7.83. The Labute approximate surface area is 173 Å². The number of aromatic amines is 1. The van der Waals surface area contributed by atoms with Crippen molar-refractivity contribution < 1.29 is 35.0 Å². The molecule has 31 heavy (non-hydrogen) atoms. The molecule has 0 bridgehead atoms. The molecule has 1 amide bonds. The minimum atomic E-state index is -6.03. The fourth-order valence-electron chi connectivity index (χ4n) is 3.13. The Bertz CT molecular complexity index is 1290. The number of nitrogens with zero attached hydrogens (tertiary/aromatic N) is 1. The van der Waals surface area contributed by atoms with E-state index in [9.17, 15) is 30.8 Å². The molecule has 1 aliphatic heterocycles. The molecule has 0 spiro atoms. The smallest absolute Gasteiger partial charge is 0.373 e. The third-order valence-electron chi connectivity index (χ3n) is 4.60. The van der Waals surface area contributed by atoms with E-state index in [1.165, 1.54) is 18.3 Å². The molecule has 162 valence electrons. The number of hydrogen-bond donors (Lipinski definition) is 2. The molecule has 7 nitrogen and oxygen atoms in total. The molecule has 0 radical (unpaired) electrons. The standard InChI is InChI=1S/C19H13F4N3O4S/c20-17-11(2-1-3-16(17)30-31(28,29)19(21,22)23)15-8-10(4-6-24-15)14-9-12-13(26-14)5-7-25-18(12)27/h1-4,6,8-9,26H,5,7H2,(H,25,27). The van der Waals surface area contributed by atoms with Crippen LogP contribution in [0.25, 0.3) is 22.5 Å². The van der Waals surface area contributed by atoms with Gasteiger partial charge in [-0.3, -0.25) is 9.78 Å². The van der Waals surface area contributed by atoms with Gasteiger partial charge in [0, 0.05) is 41.7 Å². The fraction of sp³-hybridized carbons (Fsp3) is 0.158. The van der Waals surface area contributed by atoms with Crippen LogP contribution in [-0.2, 0) is 16.5 Å². The first-order valence-electron chi connectivity index (χ1n) is 8.83. The van der Waals surface area contributed by atoms with Crippen LogP contribution in [0.5, 0.6) is 5.75 Å². The Hall–Kier alpha value is -3.41. The van der Waals surface area contributed by atoms with Crippen molar-refractivity contribution in [3.63, 3.8) is 0 Å². The van der Waals surface area contributed by atoms with Gasteiger partial charge in [-0.1, -0.05) is 6.07 Å². The summed E-state index contributed by atoms with van der Waals surface area (Å²) in [5.74, 6) is -2.64. The highest BCUT2D eigenvalue weighted by molar-refractivity contribution is 7.88. The second kappa shape index (κ2) is 7.38. The van der Waals surface area contributed by atoms with Crippen LogP contribution in [0.3, 0.4) is 0 Å². The van der Waals surface area contributed by atoms with E-state index in [1.807, 2.05) is 0 Å². The third kappa shape index (κ3) is 3.85. The van der Waals surface area contributed by atoms with Crippen LogP contribution in [0, 0.1) is 5.82 Å². The van der Waals surface area contributed by atoms with Crippen molar-refractivity contribution in [3.8, 4) is 28.3 Å². The molecule has 4 rings (SSSR count). The summed E-state index contributed by atoms with van der Waals surface area (Å²) in [7, 11) is -6.03. The highest BCUT2D eigenvalue weighted by Crippen LogP contribution is 2.34.